The topological polar surface area (TPSA) is 9.23 Å². The molecule has 0 bridgehead atoms. The van der Waals surface area contributed by atoms with Crippen LogP contribution in [-0.4, -0.2) is 13.6 Å². The number of ether oxygens (including phenoxy) is 1. The van der Waals surface area contributed by atoms with Crippen LogP contribution in [0.5, 0.6) is 5.75 Å². The molecule has 1 aromatic rings. The molecule has 0 aromatic heterocycles. The van der Waals surface area contributed by atoms with Gasteiger partial charge in [-0.25, -0.2) is 0 Å². The summed E-state index contributed by atoms with van der Waals surface area (Å²) in [6, 6.07) is 4.75. The first-order chi connectivity index (χ1) is 7.39. The van der Waals surface area contributed by atoms with Gasteiger partial charge in [0.15, 0.2) is 0 Å². The van der Waals surface area contributed by atoms with E-state index in [1.54, 1.807) is 0 Å². The van der Waals surface area contributed by atoms with Crippen LogP contribution in [0.2, 0.25) is 0 Å². The number of hydrogen-bond acceptors (Lipinski definition) is 1. The molecular formula is C11H13BF3KO. The minimum Gasteiger partial charge on any atom is -0.493 e. The van der Waals surface area contributed by atoms with E-state index in [-0.39, 0.29) is 51.4 Å². The number of benzene rings is 1. The van der Waals surface area contributed by atoms with Crippen molar-refractivity contribution in [1.82, 2.24) is 0 Å². The first-order valence-corrected chi connectivity index (χ1v) is 4.96. The molecule has 6 heteroatoms. The fourth-order valence-electron chi connectivity index (χ4n) is 1.13. The zero-order valence-corrected chi connectivity index (χ0v) is 13.2. The van der Waals surface area contributed by atoms with E-state index in [1.807, 2.05) is 6.92 Å². The Kier molecular flexibility index (Phi) is 7.75. The van der Waals surface area contributed by atoms with Crippen LogP contribution < -0.4 is 61.6 Å². The molecule has 0 N–H and O–H groups in total. The van der Waals surface area contributed by atoms with Crippen molar-refractivity contribution in [3.63, 3.8) is 0 Å². The van der Waals surface area contributed by atoms with E-state index in [1.165, 1.54) is 12.1 Å². The second-order valence-corrected chi connectivity index (χ2v) is 3.70. The van der Waals surface area contributed by atoms with Crippen LogP contribution in [0.3, 0.4) is 0 Å². The Hall–Kier alpha value is 0.251. The van der Waals surface area contributed by atoms with Crippen LogP contribution in [0.15, 0.2) is 36.4 Å². The van der Waals surface area contributed by atoms with Gasteiger partial charge in [-0.1, -0.05) is 17.7 Å². The standard InChI is InChI=1S/C11H13BF3O.K/c1-9(2)7-8-16-11-5-3-10(4-6-11)12(13,14)15;/h3-6H,1,7-8H2,2H3;/q-1;+1. The number of halogens is 3. The summed E-state index contributed by atoms with van der Waals surface area (Å²) < 4.78 is 42.1. The smallest absolute Gasteiger partial charge is 0.493 e. The predicted molar refractivity (Wildman–Crippen MR) is 60.1 cm³/mol. The van der Waals surface area contributed by atoms with Crippen molar-refractivity contribution in [2.75, 3.05) is 6.61 Å². The molecular weight excluding hydrogens is 255 g/mol. The third kappa shape index (κ3) is 6.67. The van der Waals surface area contributed by atoms with Crippen molar-refractivity contribution in [3.8, 4) is 5.75 Å². The normalized spacial score (nSPS) is 10.6. The van der Waals surface area contributed by atoms with Crippen LogP contribution in [0.25, 0.3) is 0 Å². The summed E-state index contributed by atoms with van der Waals surface area (Å²) in [5.41, 5.74) is 0.377. The number of hydrogen-bond donors (Lipinski definition) is 0. The van der Waals surface area contributed by atoms with Crippen LogP contribution in [0, 0.1) is 0 Å². The third-order valence-corrected chi connectivity index (χ3v) is 2.06. The SMILES string of the molecule is C=C(C)CCOc1ccc([B-](F)(F)F)cc1.[K+]. The first-order valence-electron chi connectivity index (χ1n) is 4.96. The van der Waals surface area contributed by atoms with Gasteiger partial charge in [-0.05, 0) is 19.1 Å². The van der Waals surface area contributed by atoms with Gasteiger partial charge in [0.1, 0.15) is 5.75 Å². The van der Waals surface area contributed by atoms with Crippen LogP contribution in [-0.2, 0) is 0 Å². The van der Waals surface area contributed by atoms with Crippen LogP contribution in [0.1, 0.15) is 13.3 Å². The fourth-order valence-corrected chi connectivity index (χ4v) is 1.13. The van der Waals surface area contributed by atoms with Gasteiger partial charge in [0.25, 0.3) is 0 Å². The van der Waals surface area contributed by atoms with E-state index in [2.05, 4.69) is 6.58 Å². The molecule has 1 rings (SSSR count). The van der Waals surface area contributed by atoms with Crippen LogP contribution in [0.4, 0.5) is 12.9 Å². The average Bonchev–Trinajstić information content (AvgIpc) is 2.16. The molecule has 88 valence electrons. The Labute approximate surface area is 142 Å². The molecule has 1 aromatic carbocycles. The molecule has 0 aliphatic heterocycles. The molecule has 1 nitrogen and oxygen atoms in total. The van der Waals surface area contributed by atoms with E-state index < -0.39 is 12.4 Å². The monoisotopic (exact) mass is 268 g/mol. The van der Waals surface area contributed by atoms with E-state index in [9.17, 15) is 12.9 Å². The van der Waals surface area contributed by atoms with Gasteiger partial charge in [0, 0.05) is 6.42 Å². The predicted octanol–water partition coefficient (Wildman–Crippen LogP) is 0.0900. The Morgan fingerprint density at radius 2 is 1.76 bits per heavy atom. The summed E-state index contributed by atoms with van der Waals surface area (Å²) in [6.07, 6.45) is 0.699. The van der Waals surface area contributed by atoms with E-state index in [0.29, 0.717) is 18.8 Å². The summed E-state index contributed by atoms with van der Waals surface area (Å²) in [7, 11) is 0. The average molecular weight is 268 g/mol. The quantitative estimate of drug-likeness (QED) is 0.543. The van der Waals surface area contributed by atoms with Gasteiger partial charge >= 0.3 is 58.4 Å². The van der Waals surface area contributed by atoms with Gasteiger partial charge in [-0.3, -0.25) is 0 Å². The molecule has 0 saturated heterocycles. The molecule has 0 atom stereocenters. The summed E-state index contributed by atoms with van der Waals surface area (Å²) in [6.45, 7) is 1.10. The summed E-state index contributed by atoms with van der Waals surface area (Å²) in [4.78, 5) is 0. The van der Waals surface area contributed by atoms with Gasteiger partial charge in [-0.15, -0.1) is 12.0 Å². The van der Waals surface area contributed by atoms with Crippen molar-refractivity contribution >= 4 is 12.4 Å². The molecule has 0 amide bonds. The van der Waals surface area contributed by atoms with Crippen molar-refractivity contribution in [2.24, 2.45) is 0 Å². The molecule has 0 heterocycles. The molecule has 0 aliphatic rings. The van der Waals surface area contributed by atoms with Gasteiger partial charge in [0.05, 0.1) is 6.61 Å². The Bertz CT molecular complexity index is 362. The molecule has 0 fully saturated rings. The molecule has 0 aliphatic carbocycles. The largest absolute Gasteiger partial charge is 1.00 e. The van der Waals surface area contributed by atoms with E-state index in [4.69, 9.17) is 4.74 Å². The zero-order valence-electron chi connectivity index (χ0n) is 10.1. The second-order valence-electron chi connectivity index (χ2n) is 3.70. The second kappa shape index (κ2) is 7.63. The molecule has 0 saturated carbocycles. The maximum atomic E-state index is 12.3. The Balaban J connectivity index is 0.00000256. The summed E-state index contributed by atoms with van der Waals surface area (Å²) in [5.74, 6) is 0.449. The minimum absolute atomic E-state index is 0. The van der Waals surface area contributed by atoms with Crippen molar-refractivity contribution in [2.45, 2.75) is 13.3 Å². The minimum atomic E-state index is -4.92. The van der Waals surface area contributed by atoms with Gasteiger partial charge < -0.3 is 17.7 Å². The van der Waals surface area contributed by atoms with Crippen molar-refractivity contribution in [3.05, 3.63) is 36.4 Å². The molecule has 0 spiro atoms. The summed E-state index contributed by atoms with van der Waals surface area (Å²) >= 11 is 0. The maximum Gasteiger partial charge on any atom is 1.00 e. The Morgan fingerprint density at radius 3 is 2.18 bits per heavy atom. The first kappa shape index (κ1) is 17.3. The third-order valence-electron chi connectivity index (χ3n) is 2.06. The van der Waals surface area contributed by atoms with Gasteiger partial charge in [0.2, 0.25) is 0 Å². The van der Waals surface area contributed by atoms with E-state index >= 15 is 0 Å². The van der Waals surface area contributed by atoms with Crippen LogP contribution >= 0.6 is 0 Å². The van der Waals surface area contributed by atoms with Gasteiger partial charge in [-0.2, -0.15) is 0 Å². The van der Waals surface area contributed by atoms with E-state index in [0.717, 1.165) is 17.7 Å². The zero-order chi connectivity index (χ0) is 12.2. The summed E-state index contributed by atoms with van der Waals surface area (Å²) in [5, 5.41) is 0. The molecule has 0 radical (unpaired) electrons. The maximum absolute atomic E-state index is 12.3. The van der Waals surface area contributed by atoms with Crippen molar-refractivity contribution in [1.29, 1.82) is 0 Å². The number of rotatable bonds is 5. The molecule has 0 unspecified atom stereocenters. The Morgan fingerprint density at radius 1 is 1.24 bits per heavy atom. The fraction of sp³-hybridized carbons (Fsp3) is 0.273. The molecule has 17 heavy (non-hydrogen) atoms. The van der Waals surface area contributed by atoms with Crippen molar-refractivity contribution < 1.29 is 69.1 Å².